The Morgan fingerprint density at radius 2 is 0.955 bits per heavy atom. The van der Waals surface area contributed by atoms with Crippen LogP contribution in [0.15, 0.2) is 60.7 Å². The Bertz CT molecular complexity index is 1510. The molecule has 4 unspecified atom stereocenters. The molecule has 7 rings (SSSR count). The van der Waals surface area contributed by atoms with Crippen molar-refractivity contribution in [2.45, 2.75) is 103 Å². The van der Waals surface area contributed by atoms with E-state index < -0.39 is 0 Å². The van der Waals surface area contributed by atoms with Crippen molar-refractivity contribution in [1.29, 1.82) is 0 Å². The van der Waals surface area contributed by atoms with Gasteiger partial charge in [-0.05, 0) is 72.9 Å². The molecule has 2 nitrogen and oxygen atoms in total. The van der Waals surface area contributed by atoms with Crippen LogP contribution < -0.4 is 0 Å². The zero-order valence-corrected chi connectivity index (χ0v) is 27.8. The van der Waals surface area contributed by atoms with Gasteiger partial charge < -0.3 is 0 Å². The van der Waals surface area contributed by atoms with Crippen molar-refractivity contribution in [3.63, 3.8) is 0 Å². The highest BCUT2D eigenvalue weighted by molar-refractivity contribution is 7.16. The van der Waals surface area contributed by atoms with E-state index in [4.69, 9.17) is 0 Å². The molecule has 4 atom stereocenters. The van der Waals surface area contributed by atoms with Gasteiger partial charge in [0.05, 0.1) is 0 Å². The molecule has 44 heavy (non-hydrogen) atoms. The fourth-order valence-electron chi connectivity index (χ4n) is 7.98. The van der Waals surface area contributed by atoms with E-state index in [0.717, 1.165) is 36.8 Å². The number of benzene rings is 2. The summed E-state index contributed by atoms with van der Waals surface area (Å²) in [6.07, 6.45) is 14.1. The lowest BCUT2D eigenvalue weighted by Crippen LogP contribution is -2.29. The monoisotopic (exact) mass is 620 g/mol. The molecule has 0 spiro atoms. The zero-order chi connectivity index (χ0) is 30.2. The first-order valence-corrected chi connectivity index (χ1v) is 18.7. The molecule has 4 heteroatoms. The lowest BCUT2D eigenvalue weighted by Gasteiger charge is -2.33. The van der Waals surface area contributed by atoms with E-state index in [0.29, 0.717) is 11.6 Å². The molecule has 3 aliphatic carbocycles. The van der Waals surface area contributed by atoms with Gasteiger partial charge in [0.1, 0.15) is 0 Å². The number of carbonyl (C=O) groups is 2. The summed E-state index contributed by atoms with van der Waals surface area (Å²) in [5.74, 6) is 1.05. The molecule has 0 saturated heterocycles. The van der Waals surface area contributed by atoms with Crippen molar-refractivity contribution in [2.24, 2.45) is 11.8 Å². The smallest absolute Gasteiger partial charge is 0.167 e. The summed E-state index contributed by atoms with van der Waals surface area (Å²) in [6.45, 7) is 4.50. The van der Waals surface area contributed by atoms with Gasteiger partial charge in [-0.3, -0.25) is 9.59 Å². The summed E-state index contributed by atoms with van der Waals surface area (Å²) in [4.78, 5) is 32.4. The Morgan fingerprint density at radius 1 is 0.545 bits per heavy atom. The van der Waals surface area contributed by atoms with E-state index in [1.165, 1.54) is 93.1 Å². The number of fused-ring (bicyclic) bond motifs is 6. The number of carbonyl (C=O) groups excluding carboxylic acids is 2. The third kappa shape index (κ3) is 5.58. The summed E-state index contributed by atoms with van der Waals surface area (Å²) in [5, 5.41) is 0. The van der Waals surface area contributed by atoms with Crippen LogP contribution in [0.1, 0.15) is 131 Å². The van der Waals surface area contributed by atoms with E-state index in [1.807, 2.05) is 0 Å². The van der Waals surface area contributed by atoms with Crippen molar-refractivity contribution in [1.82, 2.24) is 0 Å². The van der Waals surface area contributed by atoms with Crippen LogP contribution >= 0.6 is 22.7 Å². The minimum atomic E-state index is 0.0216. The van der Waals surface area contributed by atoms with E-state index >= 15 is 0 Å². The molecule has 0 amide bonds. The number of hydrogen-bond donors (Lipinski definition) is 0. The Morgan fingerprint density at radius 3 is 1.34 bits per heavy atom. The summed E-state index contributed by atoms with van der Waals surface area (Å²) in [7, 11) is 0. The average molecular weight is 621 g/mol. The lowest BCUT2D eigenvalue weighted by molar-refractivity contribution is 0.0790. The molecule has 2 heterocycles. The van der Waals surface area contributed by atoms with Crippen LogP contribution in [-0.2, 0) is 12.8 Å². The topological polar surface area (TPSA) is 34.1 Å². The molecule has 228 valence electrons. The molecule has 0 radical (unpaired) electrons. The average Bonchev–Trinajstić information content (AvgIpc) is 3.80. The van der Waals surface area contributed by atoms with Crippen LogP contribution in [0.2, 0.25) is 0 Å². The van der Waals surface area contributed by atoms with Crippen molar-refractivity contribution in [2.75, 3.05) is 0 Å². The molecule has 2 aromatic carbocycles. The van der Waals surface area contributed by atoms with E-state index in [1.54, 1.807) is 22.7 Å². The van der Waals surface area contributed by atoms with Gasteiger partial charge in [-0.2, -0.15) is 0 Å². The standard InChI is InChI=1S/C40H44O2S2/c1-3-5-7-9-11-25-13-17-27(18-14-25)35-23-33-37(41)29-22-32-30(21-31(29)39(33)43-35)38(42)34-24-36(44-40(32)34)28-19-15-26(16-20-28)12-10-8-6-4-2/h13-20,23-24,29-32H,3-12,21-22H2,1-2H3. The molecular weight excluding hydrogens is 577 g/mol. The van der Waals surface area contributed by atoms with Gasteiger partial charge in [-0.1, -0.05) is 101 Å². The highest BCUT2D eigenvalue weighted by Crippen LogP contribution is 2.60. The normalized spacial score (nSPS) is 21.8. The van der Waals surface area contributed by atoms with Crippen molar-refractivity contribution >= 4 is 34.2 Å². The van der Waals surface area contributed by atoms with Gasteiger partial charge >= 0.3 is 0 Å². The number of aryl methyl sites for hydroxylation is 2. The Hall–Kier alpha value is -2.82. The maximum absolute atomic E-state index is 13.8. The van der Waals surface area contributed by atoms with Gasteiger partial charge in [0, 0.05) is 54.3 Å². The fourth-order valence-corrected chi connectivity index (χ4v) is 10.7. The molecule has 4 aromatic rings. The predicted octanol–water partition coefficient (Wildman–Crippen LogP) is 11.7. The highest BCUT2D eigenvalue weighted by Gasteiger charge is 2.53. The molecule has 0 bridgehead atoms. The van der Waals surface area contributed by atoms with Crippen LogP contribution in [-0.4, -0.2) is 11.6 Å². The molecular formula is C40H44O2S2. The highest BCUT2D eigenvalue weighted by atomic mass is 32.1. The first-order chi connectivity index (χ1) is 21.6. The minimum Gasteiger partial charge on any atom is -0.294 e. The summed E-state index contributed by atoms with van der Waals surface area (Å²) in [5.41, 5.74) is 7.06. The second-order valence-electron chi connectivity index (χ2n) is 13.4. The molecule has 1 saturated carbocycles. The van der Waals surface area contributed by atoms with Crippen LogP contribution in [0.25, 0.3) is 20.9 Å². The number of thiophene rings is 2. The Balaban J connectivity index is 1.04. The largest absolute Gasteiger partial charge is 0.294 e. The third-order valence-corrected chi connectivity index (χ3v) is 13.1. The van der Waals surface area contributed by atoms with Gasteiger partial charge in [0.2, 0.25) is 0 Å². The Labute approximate surface area is 270 Å². The summed E-state index contributed by atoms with van der Waals surface area (Å²) < 4.78 is 0. The molecule has 3 aliphatic rings. The first kappa shape index (κ1) is 29.9. The quantitative estimate of drug-likeness (QED) is 0.148. The Kier molecular flexibility index (Phi) is 8.75. The van der Waals surface area contributed by atoms with E-state index in [-0.39, 0.29) is 23.7 Å². The SMILES string of the molecule is CCCCCCc1ccc(-c2cc3c(s2)C2CC4C(=O)c5cc(-c6ccc(CCCCCC)cc6)sc5C4CC2C3=O)cc1. The number of unbranched alkanes of at least 4 members (excludes halogenated alkanes) is 6. The maximum Gasteiger partial charge on any atom is 0.167 e. The minimum absolute atomic E-state index is 0.0216. The summed E-state index contributed by atoms with van der Waals surface area (Å²) >= 11 is 3.59. The predicted molar refractivity (Wildman–Crippen MR) is 186 cm³/mol. The van der Waals surface area contributed by atoms with Crippen LogP contribution in [0, 0.1) is 11.8 Å². The van der Waals surface area contributed by atoms with E-state index in [2.05, 4.69) is 74.5 Å². The van der Waals surface area contributed by atoms with Crippen molar-refractivity contribution < 1.29 is 9.59 Å². The number of hydrogen-bond acceptors (Lipinski definition) is 4. The molecule has 0 N–H and O–H groups in total. The van der Waals surface area contributed by atoms with Gasteiger partial charge in [-0.25, -0.2) is 0 Å². The number of ketones is 2. The zero-order valence-electron chi connectivity index (χ0n) is 26.2. The van der Waals surface area contributed by atoms with Crippen LogP contribution in [0.3, 0.4) is 0 Å². The van der Waals surface area contributed by atoms with E-state index in [9.17, 15) is 9.59 Å². The second-order valence-corrected chi connectivity index (χ2v) is 15.6. The van der Waals surface area contributed by atoms with Gasteiger partial charge in [0.15, 0.2) is 11.6 Å². The lowest BCUT2D eigenvalue weighted by atomic mass is 9.70. The van der Waals surface area contributed by atoms with Crippen molar-refractivity contribution in [3.8, 4) is 20.9 Å². The molecule has 0 aliphatic heterocycles. The molecule has 1 fully saturated rings. The van der Waals surface area contributed by atoms with Crippen LogP contribution in [0.5, 0.6) is 0 Å². The van der Waals surface area contributed by atoms with Gasteiger partial charge in [-0.15, -0.1) is 22.7 Å². The second kappa shape index (κ2) is 12.9. The van der Waals surface area contributed by atoms with Crippen molar-refractivity contribution in [3.05, 3.63) is 92.7 Å². The summed E-state index contributed by atoms with van der Waals surface area (Å²) in [6, 6.07) is 22.2. The molecule has 2 aromatic heterocycles. The third-order valence-electron chi connectivity index (χ3n) is 10.5. The van der Waals surface area contributed by atoms with Gasteiger partial charge in [0.25, 0.3) is 0 Å². The number of rotatable bonds is 12. The van der Waals surface area contributed by atoms with Crippen LogP contribution in [0.4, 0.5) is 0 Å². The maximum atomic E-state index is 13.8. The first-order valence-electron chi connectivity index (χ1n) is 17.1. The number of Topliss-reactive ketones (excluding diaryl/α,β-unsaturated/α-hetero) is 2. The fraction of sp³-hybridized carbons (Fsp3) is 0.450.